The first-order chi connectivity index (χ1) is 10.0. The lowest BCUT2D eigenvalue weighted by atomic mass is 10.2. The van der Waals surface area contributed by atoms with Gasteiger partial charge >= 0.3 is 10.4 Å². The Labute approximate surface area is 126 Å². The molecule has 0 amide bonds. The highest BCUT2D eigenvalue weighted by Crippen LogP contribution is 2.13. The lowest BCUT2D eigenvalue weighted by molar-refractivity contribution is 0.283. The molecule has 1 aromatic rings. The van der Waals surface area contributed by atoms with E-state index in [1.165, 1.54) is 11.8 Å². The van der Waals surface area contributed by atoms with Crippen LogP contribution in [0.5, 0.6) is 0 Å². The van der Waals surface area contributed by atoms with E-state index < -0.39 is 10.4 Å². The Bertz CT molecular complexity index is 612. The number of oxime groups is 1. The third kappa shape index (κ3) is 8.92. The molecule has 0 saturated carbocycles. The van der Waals surface area contributed by atoms with Crippen LogP contribution in [-0.4, -0.2) is 30.3 Å². The van der Waals surface area contributed by atoms with E-state index in [0.29, 0.717) is 30.2 Å². The zero-order chi connectivity index (χ0) is 15.6. The molecule has 1 aromatic carbocycles. The lowest BCUT2D eigenvalue weighted by Crippen LogP contribution is -2.05. The summed E-state index contributed by atoms with van der Waals surface area (Å²) in [5.74, 6) is 0.583. The molecule has 21 heavy (non-hydrogen) atoms. The first kappa shape index (κ1) is 17.3. The molecule has 0 fully saturated rings. The quantitative estimate of drug-likeness (QED) is 0.115. The normalized spacial score (nSPS) is 11.8. The van der Waals surface area contributed by atoms with E-state index >= 15 is 0 Å². The number of azide groups is 1. The van der Waals surface area contributed by atoms with Crippen LogP contribution in [0, 0.1) is 0 Å². The van der Waals surface area contributed by atoms with Gasteiger partial charge in [0.25, 0.3) is 0 Å². The van der Waals surface area contributed by atoms with Gasteiger partial charge in [-0.05, 0) is 23.3 Å². The van der Waals surface area contributed by atoms with Crippen LogP contribution in [-0.2, 0) is 21.1 Å². The molecule has 0 aliphatic rings. The van der Waals surface area contributed by atoms with E-state index in [0.717, 1.165) is 5.56 Å². The van der Waals surface area contributed by atoms with Gasteiger partial charge in [-0.1, -0.05) is 40.6 Å². The smallest absolute Gasteiger partial charge is 0.253 e. The number of nitrogens with zero attached hydrogens (tertiary/aromatic N) is 4. The number of thioether (sulfide) groups is 1. The molecule has 1 rings (SSSR count). The molecule has 0 aromatic heterocycles. The van der Waals surface area contributed by atoms with Gasteiger partial charge in [0.15, 0.2) is 0 Å². The average Bonchev–Trinajstić information content (AvgIpc) is 2.44. The highest BCUT2D eigenvalue weighted by Gasteiger charge is 2.08. The number of hydrogen-bond donors (Lipinski definition) is 1. The van der Waals surface area contributed by atoms with Crippen LogP contribution < -0.4 is 0 Å². The third-order valence-electron chi connectivity index (χ3n) is 2.17. The van der Waals surface area contributed by atoms with Crippen molar-refractivity contribution in [1.29, 1.82) is 0 Å². The Balaban J connectivity index is 2.63. The molecule has 10 heteroatoms. The second kappa shape index (κ2) is 9.24. The molecule has 0 aliphatic heterocycles. The Morgan fingerprint density at radius 2 is 2.10 bits per heavy atom. The standard InChI is InChI=1S/C11H14N4O4S2/c12-15-13-7-4-8-20-11(14-19-21(16,17)18)9-10-5-2-1-3-6-10/h1-3,5-6H,4,7-9H2,(H,16,17,18)/b14-11-. The van der Waals surface area contributed by atoms with Gasteiger partial charge in [-0.2, -0.15) is 8.42 Å². The summed E-state index contributed by atoms with van der Waals surface area (Å²) in [6.45, 7) is 0.348. The SMILES string of the molecule is [N-]=[N+]=NCCCS/C(Cc1ccccc1)=N\OS(=O)(=O)O. The minimum Gasteiger partial charge on any atom is -0.253 e. The van der Waals surface area contributed by atoms with Crippen molar-refractivity contribution in [3.63, 3.8) is 0 Å². The summed E-state index contributed by atoms with van der Waals surface area (Å²) in [7, 11) is -4.62. The summed E-state index contributed by atoms with van der Waals surface area (Å²) in [5, 5.41) is 7.25. The molecule has 0 aliphatic carbocycles. The minimum absolute atomic E-state index is 0.348. The Morgan fingerprint density at radius 3 is 2.71 bits per heavy atom. The van der Waals surface area contributed by atoms with Crippen molar-refractivity contribution in [2.45, 2.75) is 12.8 Å². The topological polar surface area (TPSA) is 125 Å². The summed E-state index contributed by atoms with van der Waals surface area (Å²) < 4.78 is 33.7. The van der Waals surface area contributed by atoms with Crippen molar-refractivity contribution >= 4 is 27.2 Å². The van der Waals surface area contributed by atoms with Gasteiger partial charge in [0, 0.05) is 17.9 Å². The Hall–Kier alpha value is -1.74. The zero-order valence-corrected chi connectivity index (χ0v) is 12.6. The Morgan fingerprint density at radius 1 is 1.38 bits per heavy atom. The van der Waals surface area contributed by atoms with Crippen molar-refractivity contribution < 1.29 is 17.3 Å². The van der Waals surface area contributed by atoms with E-state index in [2.05, 4.69) is 19.5 Å². The molecule has 0 spiro atoms. The maximum absolute atomic E-state index is 10.6. The van der Waals surface area contributed by atoms with Gasteiger partial charge in [0.05, 0.1) is 0 Å². The summed E-state index contributed by atoms with van der Waals surface area (Å²) in [6.07, 6.45) is 0.997. The van der Waals surface area contributed by atoms with Gasteiger partial charge in [-0.3, -0.25) is 4.55 Å². The molecule has 0 bridgehead atoms. The van der Waals surface area contributed by atoms with Crippen molar-refractivity contribution in [1.82, 2.24) is 0 Å². The minimum atomic E-state index is -4.62. The number of hydrogen-bond acceptors (Lipinski definition) is 6. The van der Waals surface area contributed by atoms with Crippen LogP contribution in [0.4, 0.5) is 0 Å². The van der Waals surface area contributed by atoms with Crippen LogP contribution in [0.3, 0.4) is 0 Å². The first-order valence-corrected chi connectivity index (χ1v) is 8.27. The fraction of sp³-hybridized carbons (Fsp3) is 0.364. The van der Waals surface area contributed by atoms with Gasteiger partial charge in [-0.15, -0.1) is 11.8 Å². The summed E-state index contributed by atoms with van der Waals surface area (Å²) >= 11 is 1.27. The molecular weight excluding hydrogens is 316 g/mol. The van der Waals surface area contributed by atoms with Crippen LogP contribution in [0.1, 0.15) is 12.0 Å². The van der Waals surface area contributed by atoms with Gasteiger partial charge in [0.2, 0.25) is 0 Å². The first-order valence-electron chi connectivity index (χ1n) is 5.92. The van der Waals surface area contributed by atoms with Crippen LogP contribution >= 0.6 is 11.8 Å². The third-order valence-corrected chi connectivity index (χ3v) is 3.47. The Kier molecular flexibility index (Phi) is 7.62. The highest BCUT2D eigenvalue weighted by molar-refractivity contribution is 8.13. The molecular formula is C11H14N4O4S2. The summed E-state index contributed by atoms with van der Waals surface area (Å²) in [6, 6.07) is 9.29. The number of benzene rings is 1. The molecule has 8 nitrogen and oxygen atoms in total. The van der Waals surface area contributed by atoms with Gasteiger partial charge < -0.3 is 0 Å². The predicted octanol–water partition coefficient (Wildman–Crippen LogP) is 2.80. The second-order valence-electron chi connectivity index (χ2n) is 3.81. The lowest BCUT2D eigenvalue weighted by Gasteiger charge is -2.05. The maximum atomic E-state index is 10.6. The summed E-state index contributed by atoms with van der Waals surface area (Å²) in [4.78, 5) is 2.64. The fourth-order valence-electron chi connectivity index (χ4n) is 1.34. The fourth-order valence-corrected chi connectivity index (χ4v) is 2.44. The number of rotatable bonds is 8. The average molecular weight is 330 g/mol. The van der Waals surface area contributed by atoms with Crippen molar-refractivity contribution in [2.24, 2.45) is 10.3 Å². The van der Waals surface area contributed by atoms with E-state index in [1.54, 1.807) is 0 Å². The monoisotopic (exact) mass is 330 g/mol. The van der Waals surface area contributed by atoms with E-state index in [4.69, 9.17) is 10.1 Å². The van der Waals surface area contributed by atoms with Crippen molar-refractivity contribution in [3.05, 3.63) is 46.3 Å². The zero-order valence-electron chi connectivity index (χ0n) is 11.0. The molecule has 0 atom stereocenters. The van der Waals surface area contributed by atoms with Crippen molar-refractivity contribution in [2.75, 3.05) is 12.3 Å². The van der Waals surface area contributed by atoms with E-state index in [9.17, 15) is 8.42 Å². The van der Waals surface area contributed by atoms with Crippen LogP contribution in [0.2, 0.25) is 0 Å². The molecule has 0 heterocycles. The molecule has 1 N–H and O–H groups in total. The molecule has 0 unspecified atom stereocenters. The van der Waals surface area contributed by atoms with Gasteiger partial charge in [0.1, 0.15) is 5.04 Å². The highest BCUT2D eigenvalue weighted by atomic mass is 32.3. The molecule has 0 radical (unpaired) electrons. The molecule has 0 saturated heterocycles. The summed E-state index contributed by atoms with van der Waals surface area (Å²) in [5.41, 5.74) is 9.09. The van der Waals surface area contributed by atoms with E-state index in [-0.39, 0.29) is 0 Å². The van der Waals surface area contributed by atoms with Gasteiger partial charge in [-0.25, -0.2) is 4.28 Å². The van der Waals surface area contributed by atoms with Crippen LogP contribution in [0.25, 0.3) is 10.4 Å². The largest absolute Gasteiger partial charge is 0.466 e. The predicted molar refractivity (Wildman–Crippen MR) is 81.3 cm³/mol. The molecule has 114 valence electrons. The van der Waals surface area contributed by atoms with Crippen molar-refractivity contribution in [3.8, 4) is 0 Å². The van der Waals surface area contributed by atoms with E-state index in [1.807, 2.05) is 30.3 Å². The maximum Gasteiger partial charge on any atom is 0.466 e. The second-order valence-corrected chi connectivity index (χ2v) is 5.98. The van der Waals surface area contributed by atoms with Crippen LogP contribution in [0.15, 0.2) is 40.6 Å².